The first kappa shape index (κ1) is 13.3. The van der Waals surface area contributed by atoms with Gasteiger partial charge in [0, 0.05) is 18.9 Å². The molecule has 1 aliphatic heterocycles. The van der Waals surface area contributed by atoms with Gasteiger partial charge in [0.1, 0.15) is 0 Å². The minimum atomic E-state index is -1.45. The van der Waals surface area contributed by atoms with E-state index < -0.39 is 16.5 Å². The largest absolute Gasteiger partial charge is 0.478 e. The van der Waals surface area contributed by atoms with Crippen LogP contribution in [0.2, 0.25) is 0 Å². The molecule has 0 saturated carbocycles. The number of hydrogen-bond donors (Lipinski definition) is 1. The van der Waals surface area contributed by atoms with E-state index in [0.717, 1.165) is 0 Å². The highest BCUT2D eigenvalue weighted by atomic mass is 16.6. The monoisotopic (exact) mass is 267 g/mol. The fraction of sp³-hybridized carbons (Fsp3) is 0.417. The van der Waals surface area contributed by atoms with Crippen LogP contribution in [0, 0.1) is 10.1 Å². The van der Waals surface area contributed by atoms with Gasteiger partial charge in [-0.15, -0.1) is 0 Å². The van der Waals surface area contributed by atoms with Crippen LogP contribution in [-0.2, 0) is 9.53 Å². The third kappa shape index (κ3) is 2.65. The van der Waals surface area contributed by atoms with E-state index in [1.54, 1.807) is 6.07 Å². The summed E-state index contributed by atoms with van der Waals surface area (Å²) in [5.41, 5.74) is -1.70. The number of nitrogens with zero attached hydrogens (tertiary/aromatic N) is 1. The lowest BCUT2D eigenvalue weighted by Gasteiger charge is -2.33. The van der Waals surface area contributed by atoms with Gasteiger partial charge in [-0.25, -0.2) is 4.79 Å². The van der Waals surface area contributed by atoms with Crippen molar-refractivity contribution >= 4 is 11.7 Å². The number of carboxylic acids is 1. The molecule has 102 valence electrons. The highest BCUT2D eigenvalue weighted by Crippen LogP contribution is 2.33. The fourth-order valence-electron chi connectivity index (χ4n) is 1.97. The van der Waals surface area contributed by atoms with Crippen LogP contribution in [0.3, 0.4) is 0 Å². The summed E-state index contributed by atoms with van der Waals surface area (Å²) in [6.45, 7) is 0.514. The average molecular weight is 267 g/mol. The van der Waals surface area contributed by atoms with Crippen molar-refractivity contribution in [3.8, 4) is 5.75 Å². The molecule has 0 unspecified atom stereocenters. The SMILES string of the molecule is O=C(O)C1(Oc2ccccc2[N+](=O)[O-])CCOCC1. The molecule has 2 rings (SSSR count). The van der Waals surface area contributed by atoms with Crippen molar-refractivity contribution < 1.29 is 24.3 Å². The zero-order valence-corrected chi connectivity index (χ0v) is 10.1. The summed E-state index contributed by atoms with van der Waals surface area (Å²) in [5.74, 6) is -1.16. The third-order valence-electron chi connectivity index (χ3n) is 3.06. The summed E-state index contributed by atoms with van der Waals surface area (Å²) in [6, 6.07) is 5.75. The molecule has 7 heteroatoms. The number of carbonyl (C=O) groups is 1. The Morgan fingerprint density at radius 2 is 2.00 bits per heavy atom. The number of ether oxygens (including phenoxy) is 2. The molecular weight excluding hydrogens is 254 g/mol. The molecule has 0 spiro atoms. The van der Waals surface area contributed by atoms with Crippen LogP contribution in [0.15, 0.2) is 24.3 Å². The van der Waals surface area contributed by atoms with Crippen molar-refractivity contribution in [2.75, 3.05) is 13.2 Å². The van der Waals surface area contributed by atoms with Gasteiger partial charge in [-0.1, -0.05) is 12.1 Å². The number of benzene rings is 1. The van der Waals surface area contributed by atoms with E-state index in [0.29, 0.717) is 0 Å². The molecule has 0 aromatic heterocycles. The van der Waals surface area contributed by atoms with Gasteiger partial charge in [-0.05, 0) is 6.07 Å². The highest BCUT2D eigenvalue weighted by molar-refractivity contribution is 5.78. The average Bonchev–Trinajstić information content (AvgIpc) is 2.40. The molecule has 19 heavy (non-hydrogen) atoms. The smallest absolute Gasteiger partial charge is 0.348 e. The van der Waals surface area contributed by atoms with Crippen LogP contribution in [-0.4, -0.2) is 34.8 Å². The molecule has 1 fully saturated rings. The highest BCUT2D eigenvalue weighted by Gasteiger charge is 2.43. The molecule has 1 aliphatic rings. The summed E-state index contributed by atoms with van der Waals surface area (Å²) in [6.07, 6.45) is 0.322. The van der Waals surface area contributed by atoms with Gasteiger partial charge < -0.3 is 14.6 Å². The second-order valence-corrected chi connectivity index (χ2v) is 4.24. The first-order valence-electron chi connectivity index (χ1n) is 5.79. The molecule has 0 radical (unpaired) electrons. The number of hydrogen-bond acceptors (Lipinski definition) is 5. The molecule has 0 atom stereocenters. The van der Waals surface area contributed by atoms with E-state index in [1.165, 1.54) is 18.2 Å². The molecule has 1 aromatic rings. The van der Waals surface area contributed by atoms with Crippen LogP contribution in [0.4, 0.5) is 5.69 Å². The number of rotatable bonds is 4. The summed E-state index contributed by atoms with van der Waals surface area (Å²) < 4.78 is 10.6. The molecule has 0 amide bonds. The Labute approximate surface area is 108 Å². The van der Waals surface area contributed by atoms with E-state index in [1.807, 2.05) is 0 Å². The van der Waals surface area contributed by atoms with Crippen molar-refractivity contribution in [1.82, 2.24) is 0 Å². The Balaban J connectivity index is 2.32. The predicted molar refractivity (Wildman–Crippen MR) is 64.1 cm³/mol. The normalized spacial score (nSPS) is 17.7. The first-order chi connectivity index (χ1) is 9.05. The van der Waals surface area contributed by atoms with Gasteiger partial charge in [-0.3, -0.25) is 10.1 Å². The lowest BCUT2D eigenvalue weighted by atomic mass is 9.94. The second-order valence-electron chi connectivity index (χ2n) is 4.24. The minimum absolute atomic E-state index is 0.0307. The van der Waals surface area contributed by atoms with Gasteiger partial charge in [0.15, 0.2) is 5.75 Å². The fourth-order valence-corrected chi connectivity index (χ4v) is 1.97. The predicted octanol–water partition coefficient (Wildman–Crippen LogP) is 1.61. The number of aliphatic carboxylic acids is 1. The van der Waals surface area contributed by atoms with E-state index in [9.17, 15) is 20.0 Å². The van der Waals surface area contributed by atoms with Crippen molar-refractivity contribution in [3.63, 3.8) is 0 Å². The van der Waals surface area contributed by atoms with Crippen molar-refractivity contribution in [1.29, 1.82) is 0 Å². The number of nitro groups is 1. The van der Waals surface area contributed by atoms with Crippen LogP contribution < -0.4 is 4.74 Å². The summed E-state index contributed by atoms with van der Waals surface area (Å²) in [7, 11) is 0. The van der Waals surface area contributed by atoms with Crippen LogP contribution >= 0.6 is 0 Å². The molecule has 7 nitrogen and oxygen atoms in total. The molecule has 1 saturated heterocycles. The zero-order valence-electron chi connectivity index (χ0n) is 10.1. The third-order valence-corrected chi connectivity index (χ3v) is 3.06. The van der Waals surface area contributed by atoms with Crippen molar-refractivity contribution in [2.24, 2.45) is 0 Å². The van der Waals surface area contributed by atoms with Crippen molar-refractivity contribution in [2.45, 2.75) is 18.4 Å². The lowest BCUT2D eigenvalue weighted by Crippen LogP contribution is -2.49. The Bertz CT molecular complexity index is 495. The van der Waals surface area contributed by atoms with E-state index >= 15 is 0 Å². The maximum absolute atomic E-state index is 11.4. The Kier molecular flexibility index (Phi) is 3.66. The minimum Gasteiger partial charge on any atom is -0.478 e. The zero-order chi connectivity index (χ0) is 13.9. The number of carboxylic acid groups (broad SMARTS) is 1. The molecule has 1 heterocycles. The van der Waals surface area contributed by atoms with Gasteiger partial charge in [0.05, 0.1) is 18.1 Å². The van der Waals surface area contributed by atoms with Crippen LogP contribution in [0.1, 0.15) is 12.8 Å². The van der Waals surface area contributed by atoms with Gasteiger partial charge in [0.2, 0.25) is 5.60 Å². The van der Waals surface area contributed by atoms with E-state index in [2.05, 4.69) is 0 Å². The molecular formula is C12H13NO6. The summed E-state index contributed by atoms with van der Waals surface area (Å²) in [4.78, 5) is 21.7. The maximum atomic E-state index is 11.4. The molecule has 1 aromatic carbocycles. The lowest BCUT2D eigenvalue weighted by molar-refractivity contribution is -0.386. The second kappa shape index (κ2) is 5.23. The summed E-state index contributed by atoms with van der Waals surface area (Å²) >= 11 is 0. The number of para-hydroxylation sites is 2. The van der Waals surface area contributed by atoms with Gasteiger partial charge >= 0.3 is 11.7 Å². The maximum Gasteiger partial charge on any atom is 0.348 e. The van der Waals surface area contributed by atoms with E-state index in [-0.39, 0.29) is 37.5 Å². The van der Waals surface area contributed by atoms with E-state index in [4.69, 9.17) is 9.47 Å². The molecule has 0 bridgehead atoms. The summed E-state index contributed by atoms with van der Waals surface area (Å²) in [5, 5.41) is 20.2. The van der Waals surface area contributed by atoms with Crippen LogP contribution in [0.25, 0.3) is 0 Å². The van der Waals surface area contributed by atoms with Gasteiger partial charge in [0.25, 0.3) is 0 Å². The first-order valence-corrected chi connectivity index (χ1v) is 5.79. The Hall–Kier alpha value is -2.15. The van der Waals surface area contributed by atoms with Gasteiger partial charge in [-0.2, -0.15) is 0 Å². The Morgan fingerprint density at radius 3 is 2.58 bits per heavy atom. The molecule has 0 aliphatic carbocycles. The molecule has 1 N–H and O–H groups in total. The number of nitro benzene ring substituents is 1. The van der Waals surface area contributed by atoms with Crippen LogP contribution in [0.5, 0.6) is 5.75 Å². The quantitative estimate of drug-likeness (QED) is 0.657. The van der Waals surface area contributed by atoms with Crippen molar-refractivity contribution in [3.05, 3.63) is 34.4 Å². The topological polar surface area (TPSA) is 98.9 Å². The Morgan fingerprint density at radius 1 is 1.37 bits per heavy atom. The standard InChI is InChI=1S/C12H13NO6/c14-11(15)12(5-7-18-8-6-12)19-10-4-2-1-3-9(10)13(16)17/h1-4H,5-8H2,(H,14,15).